The zero-order chi connectivity index (χ0) is 11.5. The molecule has 2 aromatic heterocycles. The summed E-state index contributed by atoms with van der Waals surface area (Å²) in [5.41, 5.74) is 5.45. The van der Waals surface area contributed by atoms with E-state index in [9.17, 15) is 4.79 Å². The SMILES string of the molecule is Cc1noc(NC(=O)c2ccc(N)nn2)n1. The minimum Gasteiger partial charge on any atom is -0.382 e. The number of hydrogen-bond donors (Lipinski definition) is 2. The second-order valence-electron chi connectivity index (χ2n) is 2.94. The van der Waals surface area contributed by atoms with E-state index < -0.39 is 5.91 Å². The monoisotopic (exact) mass is 220 g/mol. The van der Waals surface area contributed by atoms with Gasteiger partial charge in [-0.2, -0.15) is 4.98 Å². The summed E-state index contributed by atoms with van der Waals surface area (Å²) in [5, 5.41) is 13.0. The molecule has 0 aliphatic rings. The number of nitrogens with zero attached hydrogens (tertiary/aromatic N) is 4. The fourth-order valence-corrected chi connectivity index (χ4v) is 0.973. The van der Waals surface area contributed by atoms with Crippen LogP contribution in [0.2, 0.25) is 0 Å². The summed E-state index contributed by atoms with van der Waals surface area (Å²) in [6, 6.07) is 2.93. The minimum atomic E-state index is -0.490. The van der Waals surface area contributed by atoms with E-state index in [1.165, 1.54) is 12.1 Å². The zero-order valence-corrected chi connectivity index (χ0v) is 8.34. The van der Waals surface area contributed by atoms with Gasteiger partial charge in [0.25, 0.3) is 5.91 Å². The van der Waals surface area contributed by atoms with Crippen LogP contribution in [0.3, 0.4) is 0 Å². The van der Waals surface area contributed by atoms with Crippen LogP contribution in [-0.4, -0.2) is 26.2 Å². The standard InChI is InChI=1S/C8H8N6O2/c1-4-10-8(16-14-4)11-7(15)5-2-3-6(9)13-12-5/h2-3H,1H3,(H2,9,13)(H,10,11,14,15). The number of carbonyl (C=O) groups is 1. The Morgan fingerprint density at radius 3 is 2.81 bits per heavy atom. The van der Waals surface area contributed by atoms with Crippen molar-refractivity contribution in [3.8, 4) is 0 Å². The summed E-state index contributed by atoms with van der Waals surface area (Å²) in [6.45, 7) is 1.64. The van der Waals surface area contributed by atoms with Gasteiger partial charge in [0.15, 0.2) is 11.5 Å². The van der Waals surface area contributed by atoms with Crippen LogP contribution in [0.4, 0.5) is 11.8 Å². The van der Waals surface area contributed by atoms with Crippen molar-refractivity contribution in [2.45, 2.75) is 6.92 Å². The van der Waals surface area contributed by atoms with Gasteiger partial charge >= 0.3 is 6.01 Å². The second kappa shape index (κ2) is 3.93. The van der Waals surface area contributed by atoms with E-state index in [0.29, 0.717) is 5.82 Å². The highest BCUT2D eigenvalue weighted by molar-refractivity contribution is 6.01. The summed E-state index contributed by atoms with van der Waals surface area (Å²) in [4.78, 5) is 15.4. The smallest absolute Gasteiger partial charge is 0.328 e. The summed E-state index contributed by atoms with van der Waals surface area (Å²) < 4.78 is 4.71. The maximum absolute atomic E-state index is 11.6. The molecule has 0 fully saturated rings. The number of hydrogen-bond acceptors (Lipinski definition) is 7. The van der Waals surface area contributed by atoms with Crippen LogP contribution in [0.25, 0.3) is 0 Å². The van der Waals surface area contributed by atoms with Crippen LogP contribution in [0, 0.1) is 6.92 Å². The van der Waals surface area contributed by atoms with E-state index in [0.717, 1.165) is 0 Å². The first-order chi connectivity index (χ1) is 7.65. The number of aromatic nitrogens is 4. The lowest BCUT2D eigenvalue weighted by molar-refractivity contribution is 0.101. The van der Waals surface area contributed by atoms with Crippen LogP contribution in [-0.2, 0) is 0 Å². The minimum absolute atomic E-state index is 0.0149. The fourth-order valence-electron chi connectivity index (χ4n) is 0.973. The van der Waals surface area contributed by atoms with Gasteiger partial charge in [0.2, 0.25) is 0 Å². The van der Waals surface area contributed by atoms with Crippen LogP contribution in [0.15, 0.2) is 16.7 Å². The average Bonchev–Trinajstić information content (AvgIpc) is 2.65. The van der Waals surface area contributed by atoms with Gasteiger partial charge in [0.05, 0.1) is 0 Å². The maximum atomic E-state index is 11.6. The molecule has 0 radical (unpaired) electrons. The molecule has 8 nitrogen and oxygen atoms in total. The highest BCUT2D eigenvalue weighted by atomic mass is 16.5. The fraction of sp³-hybridized carbons (Fsp3) is 0.125. The van der Waals surface area contributed by atoms with E-state index in [-0.39, 0.29) is 17.5 Å². The quantitative estimate of drug-likeness (QED) is 0.730. The Hall–Kier alpha value is -2.51. The predicted octanol–water partition coefficient (Wildman–Crippen LogP) is 0.00252. The lowest BCUT2D eigenvalue weighted by Gasteiger charge is -1.98. The average molecular weight is 220 g/mol. The third-order valence-corrected chi connectivity index (χ3v) is 1.67. The second-order valence-corrected chi connectivity index (χ2v) is 2.94. The molecule has 1 amide bonds. The van der Waals surface area contributed by atoms with Gasteiger partial charge in [-0.1, -0.05) is 5.16 Å². The van der Waals surface area contributed by atoms with Crippen molar-refractivity contribution in [2.24, 2.45) is 0 Å². The van der Waals surface area contributed by atoms with E-state index >= 15 is 0 Å². The third kappa shape index (κ3) is 2.11. The van der Waals surface area contributed by atoms with Crippen molar-refractivity contribution in [1.82, 2.24) is 20.3 Å². The molecular formula is C8H8N6O2. The van der Waals surface area contributed by atoms with Crippen molar-refractivity contribution in [2.75, 3.05) is 11.1 Å². The summed E-state index contributed by atoms with van der Waals surface area (Å²) in [6.07, 6.45) is 0. The zero-order valence-electron chi connectivity index (χ0n) is 8.34. The van der Waals surface area contributed by atoms with E-state index in [4.69, 9.17) is 10.3 Å². The third-order valence-electron chi connectivity index (χ3n) is 1.67. The van der Waals surface area contributed by atoms with Crippen molar-refractivity contribution in [1.29, 1.82) is 0 Å². The summed E-state index contributed by atoms with van der Waals surface area (Å²) in [5.74, 6) is 0.181. The van der Waals surface area contributed by atoms with Gasteiger partial charge in [-0.3, -0.25) is 10.1 Å². The van der Waals surface area contributed by atoms with Crippen LogP contribution in [0.5, 0.6) is 0 Å². The van der Waals surface area contributed by atoms with E-state index in [2.05, 4.69) is 25.7 Å². The molecule has 8 heteroatoms. The first kappa shape index (κ1) is 10.0. The molecule has 0 saturated heterocycles. The van der Waals surface area contributed by atoms with Gasteiger partial charge in [0.1, 0.15) is 5.82 Å². The molecule has 0 atom stereocenters. The van der Waals surface area contributed by atoms with Gasteiger partial charge in [-0.05, 0) is 19.1 Å². The van der Waals surface area contributed by atoms with Crippen molar-refractivity contribution < 1.29 is 9.32 Å². The molecular weight excluding hydrogens is 212 g/mol. The highest BCUT2D eigenvalue weighted by Crippen LogP contribution is 2.05. The number of nitrogens with two attached hydrogens (primary N) is 1. The van der Waals surface area contributed by atoms with E-state index in [1.54, 1.807) is 6.92 Å². The number of nitrogen functional groups attached to an aromatic ring is 1. The molecule has 0 spiro atoms. The first-order valence-corrected chi connectivity index (χ1v) is 4.36. The largest absolute Gasteiger partial charge is 0.382 e. The number of anilines is 2. The Morgan fingerprint density at radius 2 is 2.25 bits per heavy atom. The Balaban J connectivity index is 2.11. The molecule has 2 rings (SSSR count). The Labute approximate surface area is 89.9 Å². The van der Waals surface area contributed by atoms with Crippen molar-refractivity contribution >= 4 is 17.7 Å². The van der Waals surface area contributed by atoms with E-state index in [1.807, 2.05) is 0 Å². The number of amides is 1. The van der Waals surface area contributed by atoms with Crippen molar-refractivity contribution in [3.05, 3.63) is 23.7 Å². The Kier molecular flexibility index (Phi) is 2.46. The molecule has 0 unspecified atom stereocenters. The number of aryl methyl sites for hydroxylation is 1. The molecule has 0 bridgehead atoms. The first-order valence-electron chi connectivity index (χ1n) is 4.36. The topological polar surface area (TPSA) is 120 Å². The number of nitrogens with one attached hydrogen (secondary N) is 1. The summed E-state index contributed by atoms with van der Waals surface area (Å²) >= 11 is 0. The Bertz CT molecular complexity index is 506. The molecule has 3 N–H and O–H groups in total. The van der Waals surface area contributed by atoms with Crippen molar-refractivity contribution in [3.63, 3.8) is 0 Å². The van der Waals surface area contributed by atoms with Crippen LogP contribution in [0.1, 0.15) is 16.3 Å². The number of rotatable bonds is 2. The maximum Gasteiger partial charge on any atom is 0.328 e. The molecule has 0 aliphatic carbocycles. The molecule has 0 aromatic carbocycles. The highest BCUT2D eigenvalue weighted by Gasteiger charge is 2.11. The lowest BCUT2D eigenvalue weighted by Crippen LogP contribution is -2.14. The molecule has 2 heterocycles. The predicted molar refractivity (Wildman–Crippen MR) is 53.4 cm³/mol. The normalized spacial score (nSPS) is 10.1. The van der Waals surface area contributed by atoms with Crippen LogP contribution < -0.4 is 11.1 Å². The molecule has 82 valence electrons. The Morgan fingerprint density at radius 1 is 1.44 bits per heavy atom. The molecule has 0 saturated carbocycles. The van der Waals surface area contributed by atoms with Gasteiger partial charge < -0.3 is 10.3 Å². The molecule has 16 heavy (non-hydrogen) atoms. The van der Waals surface area contributed by atoms with Gasteiger partial charge in [-0.15, -0.1) is 10.2 Å². The molecule has 0 aliphatic heterocycles. The number of carbonyl (C=O) groups excluding carboxylic acids is 1. The summed E-state index contributed by atoms with van der Waals surface area (Å²) in [7, 11) is 0. The van der Waals surface area contributed by atoms with Crippen LogP contribution >= 0.6 is 0 Å². The lowest BCUT2D eigenvalue weighted by atomic mass is 10.3. The van der Waals surface area contributed by atoms with Gasteiger partial charge in [-0.25, -0.2) is 0 Å². The molecule has 2 aromatic rings. The van der Waals surface area contributed by atoms with Gasteiger partial charge in [0, 0.05) is 0 Å².